The number of halogens is 1. The van der Waals surface area contributed by atoms with Crippen molar-refractivity contribution in [2.75, 3.05) is 7.05 Å². The van der Waals surface area contributed by atoms with Crippen molar-refractivity contribution in [2.45, 2.75) is 12.3 Å². The number of benzene rings is 1. The molecule has 17 heavy (non-hydrogen) atoms. The van der Waals surface area contributed by atoms with Gasteiger partial charge in [0.1, 0.15) is 11.2 Å². The maximum absolute atomic E-state index is 12.8. The lowest BCUT2D eigenvalue weighted by atomic mass is 9.97. The molecule has 0 heterocycles. The Hall–Kier alpha value is -1.91. The average molecular weight is 236 g/mol. The highest BCUT2D eigenvalue weighted by molar-refractivity contribution is 6.09. The van der Waals surface area contributed by atoms with Crippen LogP contribution in [0.2, 0.25) is 0 Å². The molecule has 1 aromatic carbocycles. The van der Waals surface area contributed by atoms with Crippen LogP contribution in [0.4, 0.5) is 4.39 Å². The van der Waals surface area contributed by atoms with Crippen LogP contribution in [0.15, 0.2) is 24.3 Å². The van der Waals surface area contributed by atoms with Crippen molar-refractivity contribution in [3.63, 3.8) is 0 Å². The van der Waals surface area contributed by atoms with E-state index < -0.39 is 11.3 Å². The number of hydrogen-bond donors (Lipinski definition) is 2. The number of carbonyl (C=O) groups excluding carboxylic acids is 2. The summed E-state index contributed by atoms with van der Waals surface area (Å²) >= 11 is 0. The van der Waals surface area contributed by atoms with Crippen molar-refractivity contribution < 1.29 is 14.0 Å². The lowest BCUT2D eigenvalue weighted by Crippen LogP contribution is -2.40. The van der Waals surface area contributed by atoms with Gasteiger partial charge in [0.25, 0.3) is 0 Å². The summed E-state index contributed by atoms with van der Waals surface area (Å²) in [6, 6.07) is 5.77. The third-order valence-electron chi connectivity index (χ3n) is 3.31. The summed E-state index contributed by atoms with van der Waals surface area (Å²) < 4.78 is 12.8. The first-order valence-corrected chi connectivity index (χ1v) is 5.30. The van der Waals surface area contributed by atoms with Gasteiger partial charge in [0.05, 0.1) is 0 Å². The second-order valence-corrected chi connectivity index (χ2v) is 4.22. The van der Waals surface area contributed by atoms with E-state index in [1.807, 2.05) is 0 Å². The number of primary amides is 1. The molecule has 1 fully saturated rings. The van der Waals surface area contributed by atoms with E-state index in [-0.39, 0.29) is 17.6 Å². The minimum Gasteiger partial charge on any atom is -0.369 e. The monoisotopic (exact) mass is 236 g/mol. The minimum absolute atomic E-state index is 0.249. The molecule has 0 radical (unpaired) electrons. The van der Waals surface area contributed by atoms with E-state index >= 15 is 0 Å². The van der Waals surface area contributed by atoms with Gasteiger partial charge in [-0.3, -0.25) is 9.59 Å². The average Bonchev–Trinajstić information content (AvgIpc) is 3.05. The molecule has 1 aliphatic carbocycles. The van der Waals surface area contributed by atoms with Gasteiger partial charge in [-0.25, -0.2) is 4.39 Å². The topological polar surface area (TPSA) is 72.2 Å². The molecule has 2 amide bonds. The number of carbonyl (C=O) groups is 2. The van der Waals surface area contributed by atoms with Gasteiger partial charge < -0.3 is 11.1 Å². The van der Waals surface area contributed by atoms with Crippen LogP contribution in [0.25, 0.3) is 0 Å². The molecular formula is C12H13FN2O2. The SMILES string of the molecule is CNC(=O)C1(C(N)=O)CC1c1ccc(F)cc1. The molecule has 0 saturated heterocycles. The Morgan fingerprint density at radius 1 is 1.41 bits per heavy atom. The molecule has 1 saturated carbocycles. The van der Waals surface area contributed by atoms with Crippen molar-refractivity contribution in [1.29, 1.82) is 0 Å². The Balaban J connectivity index is 2.29. The fourth-order valence-electron chi connectivity index (χ4n) is 2.22. The van der Waals surface area contributed by atoms with Gasteiger partial charge in [-0.1, -0.05) is 12.1 Å². The van der Waals surface area contributed by atoms with Crippen LogP contribution in [0.3, 0.4) is 0 Å². The zero-order valence-corrected chi connectivity index (χ0v) is 9.37. The largest absolute Gasteiger partial charge is 0.369 e. The van der Waals surface area contributed by atoms with E-state index in [2.05, 4.69) is 5.32 Å². The third-order valence-corrected chi connectivity index (χ3v) is 3.31. The zero-order chi connectivity index (χ0) is 12.6. The number of rotatable bonds is 3. The molecular weight excluding hydrogens is 223 g/mol. The van der Waals surface area contributed by atoms with Gasteiger partial charge in [-0.05, 0) is 24.1 Å². The molecule has 0 aliphatic heterocycles. The highest BCUT2D eigenvalue weighted by Gasteiger charge is 2.64. The highest BCUT2D eigenvalue weighted by atomic mass is 19.1. The molecule has 5 heteroatoms. The summed E-state index contributed by atoms with van der Waals surface area (Å²) in [5.41, 5.74) is 4.89. The Morgan fingerprint density at radius 2 is 2.00 bits per heavy atom. The summed E-state index contributed by atoms with van der Waals surface area (Å²) in [6.45, 7) is 0. The molecule has 0 spiro atoms. The quantitative estimate of drug-likeness (QED) is 0.751. The maximum atomic E-state index is 12.8. The Kier molecular flexibility index (Phi) is 2.61. The molecule has 90 valence electrons. The number of amides is 2. The van der Waals surface area contributed by atoms with Crippen LogP contribution in [0, 0.1) is 11.2 Å². The molecule has 1 aliphatic rings. The van der Waals surface area contributed by atoms with Crippen molar-refractivity contribution in [2.24, 2.45) is 11.1 Å². The fourth-order valence-corrected chi connectivity index (χ4v) is 2.22. The molecule has 1 aromatic rings. The van der Waals surface area contributed by atoms with Gasteiger partial charge >= 0.3 is 0 Å². The van der Waals surface area contributed by atoms with E-state index in [1.165, 1.54) is 19.2 Å². The van der Waals surface area contributed by atoms with Crippen molar-refractivity contribution in [1.82, 2.24) is 5.32 Å². The maximum Gasteiger partial charge on any atom is 0.236 e. The molecule has 2 unspecified atom stereocenters. The lowest BCUT2D eigenvalue weighted by Gasteiger charge is -2.11. The molecule has 4 nitrogen and oxygen atoms in total. The van der Waals surface area contributed by atoms with E-state index in [0.717, 1.165) is 5.56 Å². The highest BCUT2D eigenvalue weighted by Crippen LogP contribution is 2.59. The van der Waals surface area contributed by atoms with Crippen LogP contribution >= 0.6 is 0 Å². The van der Waals surface area contributed by atoms with E-state index in [4.69, 9.17) is 5.73 Å². The summed E-state index contributed by atoms with van der Waals surface area (Å²) in [5.74, 6) is -1.61. The predicted molar refractivity (Wildman–Crippen MR) is 59.5 cm³/mol. The normalized spacial score (nSPS) is 26.4. The molecule has 2 atom stereocenters. The van der Waals surface area contributed by atoms with Crippen LogP contribution in [0.1, 0.15) is 17.9 Å². The summed E-state index contributed by atoms with van der Waals surface area (Å²) in [4.78, 5) is 23.1. The van der Waals surface area contributed by atoms with Crippen LogP contribution < -0.4 is 11.1 Å². The Labute approximate surface area is 98.0 Å². The van der Waals surface area contributed by atoms with E-state index in [1.54, 1.807) is 12.1 Å². The predicted octanol–water partition coefficient (Wildman–Crippen LogP) is 0.531. The van der Waals surface area contributed by atoms with Crippen LogP contribution in [-0.2, 0) is 9.59 Å². The first-order valence-electron chi connectivity index (χ1n) is 5.30. The fraction of sp³-hybridized carbons (Fsp3) is 0.333. The smallest absolute Gasteiger partial charge is 0.236 e. The Morgan fingerprint density at radius 3 is 2.47 bits per heavy atom. The van der Waals surface area contributed by atoms with E-state index in [9.17, 15) is 14.0 Å². The zero-order valence-electron chi connectivity index (χ0n) is 9.37. The van der Waals surface area contributed by atoms with Crippen molar-refractivity contribution in [3.8, 4) is 0 Å². The Bertz CT molecular complexity index is 472. The molecule has 0 bridgehead atoms. The van der Waals surface area contributed by atoms with Gasteiger partial charge in [-0.2, -0.15) is 0 Å². The molecule has 0 aromatic heterocycles. The molecule has 3 N–H and O–H groups in total. The lowest BCUT2D eigenvalue weighted by molar-refractivity contribution is -0.135. The van der Waals surface area contributed by atoms with Gasteiger partial charge in [0.2, 0.25) is 11.8 Å². The summed E-state index contributed by atoms with van der Waals surface area (Å²) in [5, 5.41) is 2.45. The van der Waals surface area contributed by atoms with Crippen molar-refractivity contribution in [3.05, 3.63) is 35.6 Å². The second-order valence-electron chi connectivity index (χ2n) is 4.22. The summed E-state index contributed by atoms with van der Waals surface area (Å²) in [6.07, 6.45) is 0.383. The van der Waals surface area contributed by atoms with Gasteiger partial charge in [-0.15, -0.1) is 0 Å². The summed E-state index contributed by atoms with van der Waals surface area (Å²) in [7, 11) is 1.47. The minimum atomic E-state index is -1.16. The standard InChI is InChI=1S/C12H13FN2O2/c1-15-11(17)12(10(14)16)6-9(12)7-2-4-8(13)5-3-7/h2-5,9H,6H2,1H3,(H2,14,16)(H,15,17). The second kappa shape index (κ2) is 3.84. The third kappa shape index (κ3) is 1.67. The number of hydrogen-bond acceptors (Lipinski definition) is 2. The number of nitrogens with two attached hydrogens (primary N) is 1. The van der Waals surface area contributed by atoms with Crippen LogP contribution in [0.5, 0.6) is 0 Å². The molecule has 2 rings (SSSR count). The van der Waals surface area contributed by atoms with Crippen molar-refractivity contribution >= 4 is 11.8 Å². The number of nitrogens with one attached hydrogen (secondary N) is 1. The van der Waals surface area contributed by atoms with Gasteiger partial charge in [0.15, 0.2) is 0 Å². The first kappa shape index (κ1) is 11.6. The van der Waals surface area contributed by atoms with Gasteiger partial charge in [0, 0.05) is 13.0 Å². The van der Waals surface area contributed by atoms with Crippen LogP contribution in [-0.4, -0.2) is 18.9 Å². The first-order chi connectivity index (χ1) is 8.02. The van der Waals surface area contributed by atoms with E-state index in [0.29, 0.717) is 6.42 Å².